The Bertz CT molecular complexity index is 551. The van der Waals surface area contributed by atoms with E-state index in [1.165, 1.54) is 6.26 Å². The molecule has 2 rings (SSSR count). The van der Waals surface area contributed by atoms with E-state index in [9.17, 15) is 4.79 Å². The Hall–Kier alpha value is -1.92. The Morgan fingerprint density at radius 2 is 2.11 bits per heavy atom. The molecule has 2 aromatic rings. The van der Waals surface area contributed by atoms with Crippen LogP contribution in [0.1, 0.15) is 16.1 Å². The number of hydrazine groups is 1. The third kappa shape index (κ3) is 3.30. The Balaban J connectivity index is 2.02. The fourth-order valence-electron chi connectivity index (χ4n) is 1.55. The zero-order valence-corrected chi connectivity index (χ0v) is 11.2. The van der Waals surface area contributed by atoms with Crippen molar-refractivity contribution in [1.29, 1.82) is 0 Å². The second-order valence-corrected chi connectivity index (χ2v) is 4.74. The number of thioether (sulfide) groups is 1. The van der Waals surface area contributed by atoms with E-state index < -0.39 is 0 Å². The highest BCUT2D eigenvalue weighted by atomic mass is 32.2. The third-order valence-electron chi connectivity index (χ3n) is 2.55. The number of rotatable bonds is 5. The Morgan fingerprint density at radius 3 is 2.74 bits per heavy atom. The van der Waals surface area contributed by atoms with Gasteiger partial charge in [0.05, 0.1) is 24.7 Å². The number of nitrogens with one attached hydrogen (secondary N) is 1. The molecule has 0 aliphatic heterocycles. The Labute approximate surface area is 115 Å². The molecule has 1 aromatic carbocycles. The van der Waals surface area contributed by atoms with Gasteiger partial charge >= 0.3 is 0 Å². The van der Waals surface area contributed by atoms with Crippen LogP contribution in [0.2, 0.25) is 0 Å². The Kier molecular flexibility index (Phi) is 4.48. The fourth-order valence-corrected chi connectivity index (χ4v) is 2.40. The van der Waals surface area contributed by atoms with Crippen LogP contribution in [0.5, 0.6) is 5.75 Å². The number of methoxy groups -OCH3 is 1. The topological polar surface area (TPSA) is 77.5 Å². The first kappa shape index (κ1) is 13.5. The molecule has 1 aromatic heterocycles. The molecular formula is C13H14N2O3S. The van der Waals surface area contributed by atoms with Crippen LogP contribution < -0.4 is 16.0 Å². The van der Waals surface area contributed by atoms with E-state index in [0.29, 0.717) is 17.1 Å². The molecule has 6 heteroatoms. The average Bonchev–Trinajstić information content (AvgIpc) is 2.93. The summed E-state index contributed by atoms with van der Waals surface area (Å²) in [7, 11) is 1.63. The molecule has 0 saturated heterocycles. The number of ether oxygens (including phenoxy) is 1. The monoisotopic (exact) mass is 278 g/mol. The highest BCUT2D eigenvalue weighted by Gasteiger charge is 2.13. The van der Waals surface area contributed by atoms with Crippen molar-refractivity contribution in [3.05, 3.63) is 47.9 Å². The van der Waals surface area contributed by atoms with Gasteiger partial charge in [0.1, 0.15) is 11.5 Å². The molecule has 1 heterocycles. The number of nitrogen functional groups attached to an aromatic ring is 1. The van der Waals surface area contributed by atoms with Crippen molar-refractivity contribution in [2.45, 2.75) is 10.6 Å². The molecule has 0 radical (unpaired) electrons. The molecule has 3 N–H and O–H groups in total. The van der Waals surface area contributed by atoms with E-state index in [0.717, 1.165) is 10.6 Å². The molecule has 0 atom stereocenters. The van der Waals surface area contributed by atoms with E-state index in [1.54, 1.807) is 24.9 Å². The predicted octanol–water partition coefficient (Wildman–Crippen LogP) is 2.18. The van der Waals surface area contributed by atoms with Crippen molar-refractivity contribution in [3.63, 3.8) is 0 Å². The first-order chi connectivity index (χ1) is 9.24. The number of benzene rings is 1. The molecule has 0 spiro atoms. The van der Waals surface area contributed by atoms with Gasteiger partial charge < -0.3 is 9.15 Å². The molecule has 0 aliphatic carbocycles. The lowest BCUT2D eigenvalue weighted by molar-refractivity contribution is 0.0952. The largest absolute Gasteiger partial charge is 0.497 e. The van der Waals surface area contributed by atoms with Gasteiger partial charge in [0.2, 0.25) is 0 Å². The Morgan fingerprint density at radius 1 is 1.37 bits per heavy atom. The summed E-state index contributed by atoms with van der Waals surface area (Å²) in [5.41, 5.74) is 2.56. The number of hydrogen-bond acceptors (Lipinski definition) is 5. The molecule has 0 bridgehead atoms. The summed E-state index contributed by atoms with van der Waals surface area (Å²) < 4.78 is 10.4. The van der Waals surface area contributed by atoms with E-state index in [2.05, 4.69) is 5.43 Å². The predicted molar refractivity (Wildman–Crippen MR) is 72.9 cm³/mol. The van der Waals surface area contributed by atoms with E-state index in [1.807, 2.05) is 24.3 Å². The van der Waals surface area contributed by atoms with Crippen molar-refractivity contribution in [3.8, 4) is 5.75 Å². The number of carbonyl (C=O) groups is 1. The van der Waals surface area contributed by atoms with Crippen molar-refractivity contribution in [1.82, 2.24) is 5.43 Å². The first-order valence-electron chi connectivity index (χ1n) is 5.58. The highest BCUT2D eigenvalue weighted by Crippen LogP contribution is 2.26. The minimum Gasteiger partial charge on any atom is -0.497 e. The summed E-state index contributed by atoms with van der Waals surface area (Å²) in [5.74, 6) is 6.73. The lowest BCUT2D eigenvalue weighted by Crippen LogP contribution is -2.30. The maximum absolute atomic E-state index is 11.5. The maximum atomic E-state index is 11.5. The second kappa shape index (κ2) is 6.31. The van der Waals surface area contributed by atoms with E-state index in [4.69, 9.17) is 15.0 Å². The van der Waals surface area contributed by atoms with Crippen molar-refractivity contribution < 1.29 is 13.9 Å². The minimum absolute atomic E-state index is 0.348. The van der Waals surface area contributed by atoms with Gasteiger partial charge in [-0.3, -0.25) is 10.2 Å². The molecule has 0 fully saturated rings. The zero-order valence-electron chi connectivity index (χ0n) is 10.4. The summed E-state index contributed by atoms with van der Waals surface area (Å²) in [6.07, 6.45) is 1.48. The third-order valence-corrected chi connectivity index (χ3v) is 3.56. The lowest BCUT2D eigenvalue weighted by atomic mass is 10.2. The number of amides is 1. The maximum Gasteiger partial charge on any atom is 0.268 e. The molecule has 0 unspecified atom stereocenters. The first-order valence-corrected chi connectivity index (χ1v) is 6.57. The van der Waals surface area contributed by atoms with E-state index >= 15 is 0 Å². The van der Waals surface area contributed by atoms with Crippen LogP contribution in [0.15, 0.2) is 45.9 Å². The number of furan rings is 1. The number of nitrogens with two attached hydrogens (primary N) is 1. The quantitative estimate of drug-likeness (QED) is 0.379. The SMILES string of the molecule is COc1ccc(SCc2occc2C(=O)NN)cc1. The molecule has 5 nitrogen and oxygen atoms in total. The number of hydrogen-bond donors (Lipinski definition) is 2. The van der Waals surface area contributed by atoms with Gasteiger partial charge in [-0.25, -0.2) is 5.84 Å². The highest BCUT2D eigenvalue weighted by molar-refractivity contribution is 7.98. The summed E-state index contributed by atoms with van der Waals surface area (Å²) in [6, 6.07) is 9.28. The van der Waals surface area contributed by atoms with Gasteiger partial charge in [0, 0.05) is 4.90 Å². The van der Waals surface area contributed by atoms with Crippen LogP contribution in [0, 0.1) is 0 Å². The molecule has 100 valence electrons. The van der Waals surface area contributed by atoms with Crippen LogP contribution >= 0.6 is 11.8 Å². The van der Waals surface area contributed by atoms with Crippen LogP contribution in [-0.4, -0.2) is 13.0 Å². The summed E-state index contributed by atoms with van der Waals surface area (Å²) >= 11 is 1.57. The molecule has 0 aliphatic rings. The lowest BCUT2D eigenvalue weighted by Gasteiger charge is -2.03. The van der Waals surface area contributed by atoms with Crippen molar-refractivity contribution >= 4 is 17.7 Å². The number of carbonyl (C=O) groups excluding carboxylic acids is 1. The molecular weight excluding hydrogens is 264 g/mol. The van der Waals surface area contributed by atoms with Gasteiger partial charge in [0.15, 0.2) is 0 Å². The van der Waals surface area contributed by atoms with Gasteiger partial charge in [-0.1, -0.05) is 0 Å². The smallest absolute Gasteiger partial charge is 0.268 e. The molecule has 1 amide bonds. The van der Waals surface area contributed by atoms with Crippen LogP contribution in [-0.2, 0) is 5.75 Å². The van der Waals surface area contributed by atoms with Gasteiger partial charge in [0.25, 0.3) is 5.91 Å². The standard InChI is InChI=1S/C13H14N2O3S/c1-17-9-2-4-10(5-3-9)19-8-12-11(6-7-18-12)13(16)15-14/h2-7H,8,14H2,1H3,(H,15,16). The van der Waals surface area contributed by atoms with Crippen LogP contribution in [0.3, 0.4) is 0 Å². The summed E-state index contributed by atoms with van der Waals surface area (Å²) in [4.78, 5) is 12.5. The van der Waals surface area contributed by atoms with Crippen molar-refractivity contribution in [2.75, 3.05) is 7.11 Å². The van der Waals surface area contributed by atoms with Crippen molar-refractivity contribution in [2.24, 2.45) is 5.84 Å². The normalized spacial score (nSPS) is 10.2. The van der Waals surface area contributed by atoms with Crippen LogP contribution in [0.25, 0.3) is 0 Å². The van der Waals surface area contributed by atoms with E-state index in [-0.39, 0.29) is 5.91 Å². The van der Waals surface area contributed by atoms with Gasteiger partial charge in [-0.2, -0.15) is 0 Å². The van der Waals surface area contributed by atoms with Crippen LogP contribution in [0.4, 0.5) is 0 Å². The molecule has 0 saturated carbocycles. The van der Waals surface area contributed by atoms with Gasteiger partial charge in [-0.15, -0.1) is 11.8 Å². The summed E-state index contributed by atoms with van der Waals surface area (Å²) in [5, 5.41) is 0. The zero-order chi connectivity index (χ0) is 13.7. The summed E-state index contributed by atoms with van der Waals surface area (Å²) in [6.45, 7) is 0. The van der Waals surface area contributed by atoms with Gasteiger partial charge in [-0.05, 0) is 30.3 Å². The average molecular weight is 278 g/mol. The second-order valence-electron chi connectivity index (χ2n) is 3.70. The molecule has 19 heavy (non-hydrogen) atoms. The fraction of sp³-hybridized carbons (Fsp3) is 0.154. The minimum atomic E-state index is -0.348.